The maximum Gasteiger partial charge on any atom is 0.176 e. The van der Waals surface area contributed by atoms with E-state index in [4.69, 9.17) is 4.74 Å². The van der Waals surface area contributed by atoms with Crippen LogP contribution in [0.25, 0.3) is 0 Å². The molecule has 61 valence electrons. The molecule has 2 aliphatic rings. The lowest BCUT2D eigenvalue weighted by atomic mass is 10.1. The van der Waals surface area contributed by atoms with Crippen molar-refractivity contribution in [3.05, 3.63) is 6.10 Å². The number of hydrogen-bond acceptors (Lipinski definition) is 3. The van der Waals surface area contributed by atoms with Gasteiger partial charge in [-0.25, -0.2) is 0 Å². The molecule has 0 aromatic carbocycles. The second-order valence-corrected chi connectivity index (χ2v) is 3.09. The minimum absolute atomic E-state index is 0.234. The third-order valence-electron chi connectivity index (χ3n) is 2.06. The molecule has 0 aromatic rings. The Labute approximate surface area is 66.1 Å². The minimum Gasteiger partial charge on any atom is -0.361 e. The van der Waals surface area contributed by atoms with Gasteiger partial charge >= 0.3 is 0 Å². The predicted molar refractivity (Wildman–Crippen MR) is 39.8 cm³/mol. The molecule has 0 amide bonds. The number of rotatable bonds is 2. The van der Waals surface area contributed by atoms with Crippen molar-refractivity contribution in [1.82, 2.24) is 5.32 Å². The van der Waals surface area contributed by atoms with Crippen LogP contribution in [0.15, 0.2) is 0 Å². The van der Waals surface area contributed by atoms with Crippen LogP contribution in [-0.2, 0) is 9.53 Å². The Morgan fingerprint density at radius 1 is 1.55 bits per heavy atom. The van der Waals surface area contributed by atoms with Crippen molar-refractivity contribution in [2.75, 3.05) is 19.7 Å². The molecule has 0 spiro atoms. The van der Waals surface area contributed by atoms with E-state index in [0.717, 1.165) is 19.4 Å². The summed E-state index contributed by atoms with van der Waals surface area (Å²) in [6.45, 7) is 2.14. The summed E-state index contributed by atoms with van der Waals surface area (Å²) in [4.78, 5) is 11.4. The zero-order valence-electron chi connectivity index (χ0n) is 6.43. The number of morpholine rings is 1. The van der Waals surface area contributed by atoms with Crippen LogP contribution in [0.2, 0.25) is 0 Å². The highest BCUT2D eigenvalue weighted by Gasteiger charge is 2.36. The summed E-state index contributed by atoms with van der Waals surface area (Å²) in [5.74, 6) is 0.530. The summed E-state index contributed by atoms with van der Waals surface area (Å²) in [6, 6.07) is 0. The fraction of sp³-hybridized carbons (Fsp3) is 0.750. The first-order chi connectivity index (χ1) is 5.38. The van der Waals surface area contributed by atoms with Gasteiger partial charge in [-0.3, -0.25) is 4.79 Å². The summed E-state index contributed by atoms with van der Waals surface area (Å²) in [6.07, 6.45) is 2.77. The van der Waals surface area contributed by atoms with E-state index in [1.54, 1.807) is 0 Å². The van der Waals surface area contributed by atoms with Gasteiger partial charge < -0.3 is 10.1 Å². The molecule has 0 aromatic heterocycles. The molecule has 1 heterocycles. The van der Waals surface area contributed by atoms with Gasteiger partial charge in [-0.15, -0.1) is 0 Å². The molecule has 0 unspecified atom stereocenters. The van der Waals surface area contributed by atoms with Gasteiger partial charge in [0.15, 0.2) is 11.9 Å². The molecule has 3 nitrogen and oxygen atoms in total. The Morgan fingerprint density at radius 2 is 2.36 bits per heavy atom. The van der Waals surface area contributed by atoms with Crippen molar-refractivity contribution in [3.8, 4) is 0 Å². The lowest BCUT2D eigenvalue weighted by Gasteiger charge is -2.20. The average Bonchev–Trinajstić information content (AvgIpc) is 2.87. The van der Waals surface area contributed by atoms with Gasteiger partial charge in [-0.2, -0.15) is 0 Å². The van der Waals surface area contributed by atoms with Gasteiger partial charge in [0.05, 0.1) is 6.61 Å². The van der Waals surface area contributed by atoms with Crippen molar-refractivity contribution in [1.29, 1.82) is 0 Å². The van der Waals surface area contributed by atoms with Crippen LogP contribution in [-0.4, -0.2) is 25.5 Å². The number of ether oxygens (including phenoxy) is 1. The maximum atomic E-state index is 11.4. The Bertz CT molecular complexity index is 159. The van der Waals surface area contributed by atoms with E-state index in [-0.39, 0.29) is 5.78 Å². The van der Waals surface area contributed by atoms with Crippen molar-refractivity contribution >= 4 is 5.78 Å². The standard InChI is InChI=1S/C8H12NO2/c10-8(6-1-2-6)7-5-9-3-4-11-7/h6,9H,1-5H2. The quantitative estimate of drug-likeness (QED) is 0.614. The highest BCUT2D eigenvalue weighted by atomic mass is 16.5. The Morgan fingerprint density at radius 3 is 2.91 bits per heavy atom. The van der Waals surface area contributed by atoms with E-state index in [1.807, 2.05) is 0 Å². The molecular formula is C8H12NO2. The highest BCUT2D eigenvalue weighted by Crippen LogP contribution is 2.33. The summed E-state index contributed by atoms with van der Waals surface area (Å²) >= 11 is 0. The molecule has 3 heteroatoms. The van der Waals surface area contributed by atoms with Gasteiger partial charge in [0.25, 0.3) is 0 Å². The number of ketones is 1. The van der Waals surface area contributed by atoms with E-state index in [9.17, 15) is 4.79 Å². The van der Waals surface area contributed by atoms with Crippen LogP contribution < -0.4 is 5.32 Å². The number of carbonyl (C=O) groups is 1. The van der Waals surface area contributed by atoms with Crippen LogP contribution in [0.3, 0.4) is 0 Å². The van der Waals surface area contributed by atoms with Gasteiger partial charge in [0.2, 0.25) is 0 Å². The van der Waals surface area contributed by atoms with E-state index in [0.29, 0.717) is 25.2 Å². The van der Waals surface area contributed by atoms with E-state index >= 15 is 0 Å². The van der Waals surface area contributed by atoms with Gasteiger partial charge in [-0.05, 0) is 12.8 Å². The van der Waals surface area contributed by atoms with E-state index < -0.39 is 0 Å². The molecular weight excluding hydrogens is 142 g/mol. The molecule has 1 N–H and O–H groups in total. The molecule has 1 radical (unpaired) electrons. The molecule has 1 saturated carbocycles. The fourth-order valence-corrected chi connectivity index (χ4v) is 1.23. The largest absolute Gasteiger partial charge is 0.361 e. The van der Waals surface area contributed by atoms with Gasteiger partial charge in [0, 0.05) is 19.0 Å². The van der Waals surface area contributed by atoms with Crippen molar-refractivity contribution in [2.24, 2.45) is 5.92 Å². The van der Waals surface area contributed by atoms with Crippen LogP contribution in [0.4, 0.5) is 0 Å². The summed E-state index contributed by atoms with van der Waals surface area (Å²) in [5.41, 5.74) is 0. The Kier molecular flexibility index (Phi) is 1.92. The Balaban J connectivity index is 1.86. The normalized spacial score (nSPS) is 26.9. The summed E-state index contributed by atoms with van der Waals surface area (Å²) < 4.78 is 5.25. The first kappa shape index (κ1) is 7.25. The SMILES string of the molecule is O=C([C]1CNCCO1)C1CC1. The monoisotopic (exact) mass is 154 g/mol. The maximum absolute atomic E-state index is 11.4. The molecule has 11 heavy (non-hydrogen) atoms. The highest BCUT2D eigenvalue weighted by molar-refractivity contribution is 5.94. The van der Waals surface area contributed by atoms with Crippen molar-refractivity contribution < 1.29 is 9.53 Å². The number of hydrogen-bond donors (Lipinski definition) is 1. The average molecular weight is 154 g/mol. The third kappa shape index (κ3) is 1.60. The van der Waals surface area contributed by atoms with Gasteiger partial charge in [-0.1, -0.05) is 0 Å². The molecule has 0 atom stereocenters. The third-order valence-corrected chi connectivity index (χ3v) is 2.06. The topological polar surface area (TPSA) is 38.3 Å². The van der Waals surface area contributed by atoms with Gasteiger partial charge in [0.1, 0.15) is 0 Å². The van der Waals surface area contributed by atoms with Crippen molar-refractivity contribution in [3.63, 3.8) is 0 Å². The molecule has 0 bridgehead atoms. The second kappa shape index (κ2) is 2.91. The zero-order valence-corrected chi connectivity index (χ0v) is 6.43. The number of nitrogens with one attached hydrogen (secondary N) is 1. The van der Waals surface area contributed by atoms with Crippen LogP contribution >= 0.6 is 0 Å². The second-order valence-electron chi connectivity index (χ2n) is 3.09. The minimum atomic E-state index is 0.234. The number of carbonyl (C=O) groups excluding carboxylic acids is 1. The smallest absolute Gasteiger partial charge is 0.176 e. The lowest BCUT2D eigenvalue weighted by molar-refractivity contribution is -0.124. The zero-order chi connectivity index (χ0) is 7.68. The Hall–Kier alpha value is -0.410. The first-order valence-electron chi connectivity index (χ1n) is 4.11. The lowest BCUT2D eigenvalue weighted by Crippen LogP contribution is -2.37. The van der Waals surface area contributed by atoms with Crippen LogP contribution in [0.1, 0.15) is 12.8 Å². The molecule has 1 aliphatic heterocycles. The predicted octanol–water partition coefficient (Wildman–Crippen LogP) is 0.117. The van der Waals surface area contributed by atoms with Crippen LogP contribution in [0, 0.1) is 12.0 Å². The van der Waals surface area contributed by atoms with E-state index in [1.165, 1.54) is 0 Å². The van der Waals surface area contributed by atoms with E-state index in [2.05, 4.69) is 5.32 Å². The first-order valence-corrected chi connectivity index (χ1v) is 4.11. The molecule has 2 rings (SSSR count). The summed E-state index contributed by atoms with van der Waals surface area (Å²) in [5, 5.41) is 3.12. The van der Waals surface area contributed by atoms with Crippen LogP contribution in [0.5, 0.6) is 0 Å². The summed E-state index contributed by atoms with van der Waals surface area (Å²) in [7, 11) is 0. The fourth-order valence-electron chi connectivity index (χ4n) is 1.23. The van der Waals surface area contributed by atoms with Crippen molar-refractivity contribution in [2.45, 2.75) is 12.8 Å². The molecule has 1 aliphatic carbocycles. The number of Topliss-reactive ketones (excluding diaryl/α,β-unsaturated/α-hetero) is 1. The molecule has 1 saturated heterocycles. The molecule has 2 fully saturated rings.